The number of aromatic hydroxyl groups is 1. The number of nitrogens with zero attached hydrogens (tertiary/aromatic N) is 1. The molecule has 1 heterocycles. The van der Waals surface area contributed by atoms with Crippen molar-refractivity contribution in [3.63, 3.8) is 0 Å². The molecular formula is C14H15NO2. The Bertz CT molecular complexity index is 436. The van der Waals surface area contributed by atoms with Crippen molar-refractivity contribution in [3.8, 4) is 18.1 Å². The van der Waals surface area contributed by atoms with Gasteiger partial charge in [0.15, 0.2) is 0 Å². The van der Waals surface area contributed by atoms with Crippen LogP contribution in [0, 0.1) is 12.3 Å². The van der Waals surface area contributed by atoms with E-state index in [0.29, 0.717) is 19.0 Å². The number of carbonyl (C=O) groups is 1. The lowest BCUT2D eigenvalue weighted by atomic mass is 9.89. The fraction of sp³-hybridized carbons (Fsp3) is 0.357. The number of amides is 1. The quantitative estimate of drug-likeness (QED) is 0.745. The number of hydrogen-bond acceptors (Lipinski definition) is 2. The molecule has 3 nitrogen and oxygen atoms in total. The molecule has 88 valence electrons. The van der Waals surface area contributed by atoms with Gasteiger partial charge < -0.3 is 10.0 Å². The Morgan fingerprint density at radius 3 is 2.41 bits per heavy atom. The minimum absolute atomic E-state index is 0.214. The summed E-state index contributed by atoms with van der Waals surface area (Å²) in [6, 6.07) is 7.29. The number of likely N-dealkylation sites (tertiary alicyclic amines) is 1. The van der Waals surface area contributed by atoms with E-state index in [-0.39, 0.29) is 11.7 Å². The second kappa shape index (κ2) is 4.92. The van der Waals surface area contributed by atoms with E-state index in [1.807, 2.05) is 12.1 Å². The predicted octanol–water partition coefficient (Wildman–Crippen LogP) is 1.73. The number of piperidine rings is 1. The molecule has 3 heteroatoms. The molecule has 1 amide bonds. The van der Waals surface area contributed by atoms with Crippen molar-refractivity contribution >= 4 is 5.91 Å². The number of phenols is 1. The van der Waals surface area contributed by atoms with Crippen LogP contribution >= 0.6 is 0 Å². The smallest absolute Gasteiger partial charge is 0.298 e. The van der Waals surface area contributed by atoms with Gasteiger partial charge in [0.2, 0.25) is 0 Å². The Kier molecular flexibility index (Phi) is 3.34. The molecule has 17 heavy (non-hydrogen) atoms. The van der Waals surface area contributed by atoms with Gasteiger partial charge in [-0.2, -0.15) is 0 Å². The fourth-order valence-corrected chi connectivity index (χ4v) is 2.25. The molecule has 0 aromatic heterocycles. The Hall–Kier alpha value is -1.95. The summed E-state index contributed by atoms with van der Waals surface area (Å²) in [5, 5.41) is 9.23. The van der Waals surface area contributed by atoms with Gasteiger partial charge >= 0.3 is 0 Å². The zero-order valence-electron chi connectivity index (χ0n) is 9.60. The zero-order chi connectivity index (χ0) is 12.3. The van der Waals surface area contributed by atoms with Crippen LogP contribution in [0.25, 0.3) is 0 Å². The van der Waals surface area contributed by atoms with Gasteiger partial charge in [0.25, 0.3) is 5.91 Å². The Morgan fingerprint density at radius 1 is 1.29 bits per heavy atom. The fourth-order valence-electron chi connectivity index (χ4n) is 2.25. The third-order valence-corrected chi connectivity index (χ3v) is 3.27. The molecule has 1 saturated heterocycles. The topological polar surface area (TPSA) is 40.5 Å². The number of rotatable bonds is 1. The molecule has 1 aromatic rings. The van der Waals surface area contributed by atoms with E-state index in [0.717, 1.165) is 12.8 Å². The third kappa shape index (κ3) is 2.59. The van der Waals surface area contributed by atoms with Crippen molar-refractivity contribution in [2.75, 3.05) is 13.1 Å². The van der Waals surface area contributed by atoms with Gasteiger partial charge in [-0.1, -0.05) is 12.1 Å². The summed E-state index contributed by atoms with van der Waals surface area (Å²) < 4.78 is 0. The standard InChI is InChI=1S/C14H15NO2/c1-2-14(17)15-9-7-12(8-10-15)11-3-5-13(16)6-4-11/h1,3-6,12,16H,7-10H2. The van der Waals surface area contributed by atoms with Crippen LogP contribution in [0.15, 0.2) is 24.3 Å². The highest BCUT2D eigenvalue weighted by Crippen LogP contribution is 2.28. The van der Waals surface area contributed by atoms with Gasteiger partial charge in [-0.05, 0) is 42.4 Å². The maximum absolute atomic E-state index is 11.3. The molecule has 1 aromatic carbocycles. The van der Waals surface area contributed by atoms with E-state index in [1.165, 1.54) is 5.56 Å². The second-order valence-electron chi connectivity index (χ2n) is 4.30. The van der Waals surface area contributed by atoms with E-state index >= 15 is 0 Å². The van der Waals surface area contributed by atoms with Crippen LogP contribution in [-0.4, -0.2) is 29.0 Å². The van der Waals surface area contributed by atoms with Gasteiger partial charge in [-0.15, -0.1) is 6.42 Å². The number of hydrogen-bond donors (Lipinski definition) is 1. The van der Waals surface area contributed by atoms with Crippen LogP contribution < -0.4 is 0 Å². The molecule has 1 aliphatic heterocycles. The van der Waals surface area contributed by atoms with Crippen molar-refractivity contribution < 1.29 is 9.90 Å². The Morgan fingerprint density at radius 2 is 1.88 bits per heavy atom. The molecule has 0 radical (unpaired) electrons. The highest BCUT2D eigenvalue weighted by atomic mass is 16.3. The number of carbonyl (C=O) groups excluding carboxylic acids is 1. The summed E-state index contributed by atoms with van der Waals surface area (Å²) in [5.74, 6) is 2.68. The van der Waals surface area contributed by atoms with E-state index in [9.17, 15) is 9.90 Å². The van der Waals surface area contributed by atoms with Gasteiger partial charge in [-0.25, -0.2) is 0 Å². The van der Waals surface area contributed by atoms with Gasteiger partial charge in [0.05, 0.1) is 0 Å². The van der Waals surface area contributed by atoms with Crippen molar-refractivity contribution in [2.45, 2.75) is 18.8 Å². The second-order valence-corrected chi connectivity index (χ2v) is 4.30. The molecule has 1 aliphatic rings. The Labute approximate surface area is 101 Å². The first kappa shape index (κ1) is 11.5. The van der Waals surface area contributed by atoms with Crippen molar-refractivity contribution in [2.24, 2.45) is 0 Å². The van der Waals surface area contributed by atoms with Gasteiger partial charge in [0, 0.05) is 13.1 Å². The molecule has 0 atom stereocenters. The molecule has 0 spiro atoms. The van der Waals surface area contributed by atoms with Crippen LogP contribution in [0.3, 0.4) is 0 Å². The normalized spacial score (nSPS) is 16.5. The first-order chi connectivity index (χ1) is 8.20. The number of benzene rings is 1. The third-order valence-electron chi connectivity index (χ3n) is 3.27. The first-order valence-corrected chi connectivity index (χ1v) is 5.75. The van der Waals surface area contributed by atoms with E-state index in [1.54, 1.807) is 17.0 Å². The maximum atomic E-state index is 11.3. The summed E-state index contributed by atoms with van der Waals surface area (Å²) in [4.78, 5) is 13.0. The van der Waals surface area contributed by atoms with Crippen LogP contribution in [0.1, 0.15) is 24.3 Å². The predicted molar refractivity (Wildman–Crippen MR) is 65.5 cm³/mol. The van der Waals surface area contributed by atoms with Crippen LogP contribution in [0.5, 0.6) is 5.75 Å². The van der Waals surface area contributed by atoms with Crippen molar-refractivity contribution in [3.05, 3.63) is 29.8 Å². The highest BCUT2D eigenvalue weighted by molar-refractivity contribution is 5.92. The average Bonchev–Trinajstić information content (AvgIpc) is 2.39. The van der Waals surface area contributed by atoms with E-state index in [4.69, 9.17) is 6.42 Å². The molecule has 0 aliphatic carbocycles. The average molecular weight is 229 g/mol. The van der Waals surface area contributed by atoms with Crippen LogP contribution in [0.4, 0.5) is 0 Å². The maximum Gasteiger partial charge on any atom is 0.298 e. The van der Waals surface area contributed by atoms with Gasteiger partial charge in [0.1, 0.15) is 5.75 Å². The lowest BCUT2D eigenvalue weighted by Gasteiger charge is -2.30. The van der Waals surface area contributed by atoms with E-state index < -0.39 is 0 Å². The summed E-state index contributed by atoms with van der Waals surface area (Å²) >= 11 is 0. The summed E-state index contributed by atoms with van der Waals surface area (Å²) in [6.45, 7) is 1.43. The first-order valence-electron chi connectivity index (χ1n) is 5.75. The van der Waals surface area contributed by atoms with E-state index in [2.05, 4.69) is 5.92 Å². The minimum Gasteiger partial charge on any atom is -0.508 e. The van der Waals surface area contributed by atoms with Crippen molar-refractivity contribution in [1.82, 2.24) is 4.90 Å². The molecule has 0 unspecified atom stereocenters. The summed E-state index contributed by atoms with van der Waals surface area (Å²) in [6.07, 6.45) is 6.95. The lowest BCUT2D eigenvalue weighted by Crippen LogP contribution is -2.37. The minimum atomic E-state index is -0.214. The SMILES string of the molecule is C#CC(=O)N1CCC(c2ccc(O)cc2)CC1. The van der Waals surface area contributed by atoms with Crippen LogP contribution in [0.2, 0.25) is 0 Å². The number of phenolic OH excluding ortho intramolecular Hbond substituents is 1. The summed E-state index contributed by atoms with van der Waals surface area (Å²) in [7, 11) is 0. The van der Waals surface area contributed by atoms with Crippen LogP contribution in [-0.2, 0) is 4.79 Å². The van der Waals surface area contributed by atoms with Crippen molar-refractivity contribution in [1.29, 1.82) is 0 Å². The number of terminal acetylenes is 1. The molecular weight excluding hydrogens is 214 g/mol. The molecule has 1 fully saturated rings. The van der Waals surface area contributed by atoms with Gasteiger partial charge in [-0.3, -0.25) is 4.79 Å². The molecule has 1 N–H and O–H groups in total. The molecule has 0 saturated carbocycles. The monoisotopic (exact) mass is 229 g/mol. The largest absolute Gasteiger partial charge is 0.508 e. The zero-order valence-corrected chi connectivity index (χ0v) is 9.60. The lowest BCUT2D eigenvalue weighted by molar-refractivity contribution is -0.126. The Balaban J connectivity index is 1.98. The molecule has 2 rings (SSSR count). The molecule has 0 bridgehead atoms. The highest BCUT2D eigenvalue weighted by Gasteiger charge is 2.22. The summed E-state index contributed by atoms with van der Waals surface area (Å²) in [5.41, 5.74) is 1.22.